The van der Waals surface area contributed by atoms with Gasteiger partial charge in [-0.25, -0.2) is 4.99 Å². The lowest BCUT2D eigenvalue weighted by Crippen LogP contribution is -2.48. The van der Waals surface area contributed by atoms with Gasteiger partial charge in [0, 0.05) is 34.2 Å². The minimum absolute atomic E-state index is 0.0388. The fourth-order valence-corrected chi connectivity index (χ4v) is 2.37. The Kier molecular flexibility index (Phi) is 11.7. The van der Waals surface area contributed by atoms with Gasteiger partial charge in [0.05, 0.1) is 5.41 Å². The van der Waals surface area contributed by atoms with Crippen LogP contribution in [0.15, 0.2) is 4.99 Å². The van der Waals surface area contributed by atoms with Crippen molar-refractivity contribution in [1.82, 2.24) is 20.9 Å². The summed E-state index contributed by atoms with van der Waals surface area (Å²) in [6, 6.07) is 0. The molecule has 0 bridgehead atoms. The van der Waals surface area contributed by atoms with Crippen molar-refractivity contribution in [2.45, 2.75) is 53.4 Å². The first-order chi connectivity index (χ1) is 12.2. The molecular formula is C19H39N5O2. The molecule has 1 atom stereocenters. The third-order valence-electron chi connectivity index (χ3n) is 4.51. The number of hydrogen-bond acceptors (Lipinski definition) is 3. The molecule has 0 aliphatic carbocycles. The van der Waals surface area contributed by atoms with Gasteiger partial charge in [-0.3, -0.25) is 9.59 Å². The summed E-state index contributed by atoms with van der Waals surface area (Å²) in [4.78, 5) is 29.7. The first-order valence-corrected chi connectivity index (χ1v) is 9.62. The third-order valence-corrected chi connectivity index (χ3v) is 4.51. The van der Waals surface area contributed by atoms with Crippen molar-refractivity contribution in [2.75, 3.05) is 40.8 Å². The normalized spacial score (nSPS) is 13.1. The first-order valence-electron chi connectivity index (χ1n) is 9.62. The van der Waals surface area contributed by atoms with E-state index in [1.54, 1.807) is 21.1 Å². The van der Waals surface area contributed by atoms with Crippen LogP contribution in [0.5, 0.6) is 0 Å². The second kappa shape index (κ2) is 12.5. The van der Waals surface area contributed by atoms with E-state index in [4.69, 9.17) is 0 Å². The van der Waals surface area contributed by atoms with Gasteiger partial charge in [0.1, 0.15) is 6.54 Å². The molecule has 0 aromatic carbocycles. The molecule has 7 heteroatoms. The van der Waals surface area contributed by atoms with Crippen LogP contribution in [-0.2, 0) is 9.59 Å². The fraction of sp³-hybridized carbons (Fsp3) is 0.842. The molecular weight excluding hydrogens is 330 g/mol. The molecule has 0 aliphatic heterocycles. The summed E-state index contributed by atoms with van der Waals surface area (Å²) in [5.74, 6) is 1.04. The largest absolute Gasteiger partial charge is 0.359 e. The summed E-state index contributed by atoms with van der Waals surface area (Å²) >= 11 is 0. The van der Waals surface area contributed by atoms with E-state index < -0.39 is 5.41 Å². The lowest BCUT2D eigenvalue weighted by atomic mass is 9.92. The highest BCUT2D eigenvalue weighted by Crippen LogP contribution is 2.13. The predicted molar refractivity (Wildman–Crippen MR) is 108 cm³/mol. The average Bonchev–Trinajstić information content (AvgIpc) is 2.61. The number of nitrogens with zero attached hydrogens (tertiary/aromatic N) is 2. The second-order valence-corrected chi connectivity index (χ2v) is 7.57. The molecule has 2 amide bonds. The molecule has 0 saturated carbocycles. The van der Waals surface area contributed by atoms with Crippen LogP contribution < -0.4 is 16.0 Å². The number of likely N-dealkylation sites (N-methyl/N-ethyl adjacent to an activating group) is 1. The zero-order valence-electron chi connectivity index (χ0n) is 17.7. The molecule has 152 valence electrons. The Morgan fingerprint density at radius 1 is 1.15 bits per heavy atom. The SMILES string of the molecule is CCCCC(CC)CNC(=NCC(=O)N(C)C)NCC(C)(C)C(=O)NC. The van der Waals surface area contributed by atoms with Crippen molar-refractivity contribution < 1.29 is 9.59 Å². The summed E-state index contributed by atoms with van der Waals surface area (Å²) in [7, 11) is 5.06. The standard InChI is InChI=1S/C19H39N5O2/c1-8-10-11-15(9-2)12-21-18(22-13-16(25)24(6)7)23-14-19(3,4)17(26)20-5/h15H,8-14H2,1-7H3,(H,20,26)(H2,21,22,23). The summed E-state index contributed by atoms with van der Waals surface area (Å²) in [5.41, 5.74) is -0.574. The minimum Gasteiger partial charge on any atom is -0.359 e. The lowest BCUT2D eigenvalue weighted by Gasteiger charge is -2.25. The van der Waals surface area contributed by atoms with Gasteiger partial charge in [-0.05, 0) is 26.2 Å². The Morgan fingerprint density at radius 2 is 1.81 bits per heavy atom. The Balaban J connectivity index is 4.91. The molecule has 0 aliphatic rings. The van der Waals surface area contributed by atoms with Crippen LogP contribution in [0, 0.1) is 11.3 Å². The van der Waals surface area contributed by atoms with E-state index in [9.17, 15) is 9.59 Å². The van der Waals surface area contributed by atoms with E-state index in [-0.39, 0.29) is 18.4 Å². The van der Waals surface area contributed by atoms with E-state index in [2.05, 4.69) is 34.8 Å². The molecule has 0 heterocycles. The zero-order valence-corrected chi connectivity index (χ0v) is 17.7. The number of amides is 2. The molecule has 0 radical (unpaired) electrons. The molecule has 0 spiro atoms. The van der Waals surface area contributed by atoms with E-state index in [0.717, 1.165) is 13.0 Å². The number of carbonyl (C=O) groups excluding carboxylic acids is 2. The highest BCUT2D eigenvalue weighted by Gasteiger charge is 2.26. The van der Waals surface area contributed by atoms with Gasteiger partial charge >= 0.3 is 0 Å². The van der Waals surface area contributed by atoms with Crippen molar-refractivity contribution in [2.24, 2.45) is 16.3 Å². The van der Waals surface area contributed by atoms with Crippen LogP contribution in [0.1, 0.15) is 53.4 Å². The molecule has 26 heavy (non-hydrogen) atoms. The minimum atomic E-state index is -0.574. The lowest BCUT2D eigenvalue weighted by molar-refractivity contribution is -0.128. The van der Waals surface area contributed by atoms with Gasteiger partial charge in [-0.2, -0.15) is 0 Å². The Bertz CT molecular complexity index is 461. The van der Waals surface area contributed by atoms with Crippen LogP contribution in [-0.4, -0.2) is 63.5 Å². The first kappa shape index (κ1) is 24.2. The molecule has 0 saturated heterocycles. The molecule has 1 unspecified atom stereocenters. The molecule has 0 rings (SSSR count). The number of unbranched alkanes of at least 4 members (excludes halogenated alkanes) is 1. The third kappa shape index (κ3) is 9.63. The van der Waals surface area contributed by atoms with Crippen LogP contribution in [0.4, 0.5) is 0 Å². The van der Waals surface area contributed by atoms with E-state index in [1.165, 1.54) is 24.2 Å². The van der Waals surface area contributed by atoms with Gasteiger partial charge < -0.3 is 20.9 Å². The Hall–Kier alpha value is -1.79. The predicted octanol–water partition coefficient (Wildman–Crippen LogP) is 1.60. The summed E-state index contributed by atoms with van der Waals surface area (Å²) in [6.07, 6.45) is 4.67. The van der Waals surface area contributed by atoms with Gasteiger partial charge in [-0.1, -0.05) is 33.1 Å². The molecule has 0 aromatic rings. The van der Waals surface area contributed by atoms with Crippen LogP contribution in [0.25, 0.3) is 0 Å². The van der Waals surface area contributed by atoms with Gasteiger partial charge in [-0.15, -0.1) is 0 Å². The number of nitrogens with one attached hydrogen (secondary N) is 3. The maximum absolute atomic E-state index is 12.0. The van der Waals surface area contributed by atoms with Crippen molar-refractivity contribution in [3.8, 4) is 0 Å². The van der Waals surface area contributed by atoms with E-state index >= 15 is 0 Å². The van der Waals surface area contributed by atoms with Crippen LogP contribution in [0.2, 0.25) is 0 Å². The molecule has 0 fully saturated rings. The van der Waals surface area contributed by atoms with Crippen LogP contribution in [0.3, 0.4) is 0 Å². The number of aliphatic imine (C=N–C) groups is 1. The van der Waals surface area contributed by atoms with Crippen LogP contribution >= 0.6 is 0 Å². The molecule has 3 N–H and O–H groups in total. The number of guanidine groups is 1. The fourth-order valence-electron chi connectivity index (χ4n) is 2.37. The summed E-state index contributed by atoms with van der Waals surface area (Å²) < 4.78 is 0. The average molecular weight is 370 g/mol. The molecule has 7 nitrogen and oxygen atoms in total. The monoisotopic (exact) mass is 369 g/mol. The number of rotatable bonds is 11. The van der Waals surface area contributed by atoms with Gasteiger partial charge in [0.25, 0.3) is 0 Å². The Morgan fingerprint density at radius 3 is 2.31 bits per heavy atom. The summed E-state index contributed by atoms with van der Waals surface area (Å²) in [5, 5.41) is 9.23. The number of hydrogen-bond donors (Lipinski definition) is 3. The molecule has 0 aromatic heterocycles. The van der Waals surface area contributed by atoms with E-state index in [1.807, 2.05) is 13.8 Å². The summed E-state index contributed by atoms with van der Waals surface area (Å²) in [6.45, 7) is 9.45. The van der Waals surface area contributed by atoms with Gasteiger partial charge in [0.15, 0.2) is 5.96 Å². The Labute approximate surface area is 159 Å². The van der Waals surface area contributed by atoms with Crippen molar-refractivity contribution >= 4 is 17.8 Å². The quantitative estimate of drug-likeness (QED) is 0.381. The van der Waals surface area contributed by atoms with E-state index in [0.29, 0.717) is 18.4 Å². The highest BCUT2D eigenvalue weighted by atomic mass is 16.2. The van der Waals surface area contributed by atoms with Crippen molar-refractivity contribution in [3.05, 3.63) is 0 Å². The second-order valence-electron chi connectivity index (χ2n) is 7.57. The van der Waals surface area contributed by atoms with Gasteiger partial charge in [0.2, 0.25) is 11.8 Å². The highest BCUT2D eigenvalue weighted by molar-refractivity contribution is 5.86. The zero-order chi connectivity index (χ0) is 20.2. The topological polar surface area (TPSA) is 85.8 Å². The number of carbonyl (C=O) groups is 2. The van der Waals surface area contributed by atoms with Crippen molar-refractivity contribution in [1.29, 1.82) is 0 Å². The van der Waals surface area contributed by atoms with Crippen molar-refractivity contribution in [3.63, 3.8) is 0 Å². The smallest absolute Gasteiger partial charge is 0.243 e. The maximum Gasteiger partial charge on any atom is 0.243 e. The maximum atomic E-state index is 12.0.